The first-order valence-corrected chi connectivity index (χ1v) is 4.80. The molecule has 0 aliphatic rings. The molecule has 1 aromatic rings. The van der Waals surface area contributed by atoms with Crippen molar-refractivity contribution in [1.29, 1.82) is 0 Å². The maximum Gasteiger partial charge on any atom is 0.488 e. The lowest BCUT2D eigenvalue weighted by molar-refractivity contribution is 0.268. The van der Waals surface area contributed by atoms with Gasteiger partial charge in [0.2, 0.25) is 0 Å². The number of aryl methyl sites for hydroxylation is 1. The fraction of sp³-hybridized carbons (Fsp3) is 0.273. The summed E-state index contributed by atoms with van der Waals surface area (Å²) in [5.41, 5.74) is 1.33. The van der Waals surface area contributed by atoms with Crippen molar-refractivity contribution in [2.24, 2.45) is 0 Å². The van der Waals surface area contributed by atoms with E-state index < -0.39 is 7.12 Å². The Morgan fingerprint density at radius 2 is 2.13 bits per heavy atom. The second kappa shape index (κ2) is 5.00. The van der Waals surface area contributed by atoms with Crippen LogP contribution in [-0.4, -0.2) is 23.3 Å². The Morgan fingerprint density at radius 1 is 1.47 bits per heavy atom. The maximum absolute atomic E-state index is 8.97. The van der Waals surface area contributed by atoms with Gasteiger partial charge in [0.25, 0.3) is 0 Å². The summed E-state index contributed by atoms with van der Waals surface area (Å²) in [5, 5.41) is 17.9. The summed E-state index contributed by atoms with van der Waals surface area (Å²) in [4.78, 5) is 0. The van der Waals surface area contributed by atoms with E-state index in [2.05, 4.69) is 6.58 Å². The van der Waals surface area contributed by atoms with Gasteiger partial charge in [-0.05, 0) is 30.9 Å². The van der Waals surface area contributed by atoms with Crippen molar-refractivity contribution in [2.45, 2.75) is 20.0 Å². The van der Waals surface area contributed by atoms with Crippen molar-refractivity contribution >= 4 is 12.6 Å². The van der Waals surface area contributed by atoms with E-state index in [-0.39, 0.29) is 6.10 Å². The minimum absolute atomic E-state index is 0.0615. The van der Waals surface area contributed by atoms with Crippen LogP contribution < -0.4 is 10.2 Å². The molecular weight excluding hydrogens is 191 g/mol. The quantitative estimate of drug-likeness (QED) is 0.561. The first-order chi connectivity index (χ1) is 7.04. The van der Waals surface area contributed by atoms with E-state index in [0.29, 0.717) is 5.46 Å². The highest BCUT2D eigenvalue weighted by Crippen LogP contribution is 2.17. The Labute approximate surface area is 90.2 Å². The molecule has 0 saturated heterocycles. The van der Waals surface area contributed by atoms with Gasteiger partial charge in [-0.1, -0.05) is 24.8 Å². The van der Waals surface area contributed by atoms with E-state index >= 15 is 0 Å². The lowest BCUT2D eigenvalue weighted by Crippen LogP contribution is -2.29. The third-order valence-corrected chi connectivity index (χ3v) is 2.14. The minimum Gasteiger partial charge on any atom is -0.486 e. The molecule has 1 aromatic carbocycles. The van der Waals surface area contributed by atoms with E-state index in [0.717, 1.165) is 11.3 Å². The molecule has 0 aliphatic carbocycles. The molecule has 0 saturated carbocycles. The van der Waals surface area contributed by atoms with Gasteiger partial charge < -0.3 is 14.8 Å². The zero-order valence-electron chi connectivity index (χ0n) is 8.97. The van der Waals surface area contributed by atoms with E-state index in [1.807, 2.05) is 13.8 Å². The normalized spacial score (nSPS) is 12.0. The Balaban J connectivity index is 2.88. The van der Waals surface area contributed by atoms with Crippen molar-refractivity contribution in [3.05, 3.63) is 36.4 Å². The zero-order valence-corrected chi connectivity index (χ0v) is 8.97. The van der Waals surface area contributed by atoms with Gasteiger partial charge in [-0.25, -0.2) is 0 Å². The van der Waals surface area contributed by atoms with Crippen LogP contribution >= 0.6 is 0 Å². The highest BCUT2D eigenvalue weighted by molar-refractivity contribution is 6.58. The summed E-state index contributed by atoms with van der Waals surface area (Å²) in [6.07, 6.45) is 1.64. The van der Waals surface area contributed by atoms with Crippen LogP contribution in [0, 0.1) is 6.92 Å². The highest BCUT2D eigenvalue weighted by Gasteiger charge is 2.12. The Morgan fingerprint density at radius 3 is 2.60 bits per heavy atom. The summed E-state index contributed by atoms with van der Waals surface area (Å²) in [6.45, 7) is 7.38. The van der Waals surface area contributed by atoms with Gasteiger partial charge in [0.05, 0.1) is 0 Å². The molecule has 3 nitrogen and oxygen atoms in total. The molecule has 2 N–H and O–H groups in total. The SMILES string of the molecule is C=CC(C)Oc1ccc(B(O)O)cc1C. The molecule has 0 amide bonds. The fourth-order valence-electron chi connectivity index (χ4n) is 1.21. The molecule has 80 valence electrons. The summed E-state index contributed by atoms with van der Waals surface area (Å²) >= 11 is 0. The molecule has 1 atom stereocenters. The second-order valence-electron chi connectivity index (χ2n) is 3.46. The summed E-state index contributed by atoms with van der Waals surface area (Å²) in [5.74, 6) is 0.729. The van der Waals surface area contributed by atoms with Crippen LogP contribution in [0.15, 0.2) is 30.9 Å². The average Bonchev–Trinajstić information content (AvgIpc) is 2.20. The Bertz CT molecular complexity index is 350. The maximum atomic E-state index is 8.97. The molecule has 0 fully saturated rings. The van der Waals surface area contributed by atoms with Crippen molar-refractivity contribution in [3.8, 4) is 5.75 Å². The van der Waals surface area contributed by atoms with E-state index in [4.69, 9.17) is 14.8 Å². The summed E-state index contributed by atoms with van der Waals surface area (Å²) in [6, 6.07) is 5.04. The Kier molecular flexibility index (Phi) is 3.94. The van der Waals surface area contributed by atoms with Gasteiger partial charge in [0.1, 0.15) is 11.9 Å². The van der Waals surface area contributed by atoms with Gasteiger partial charge in [-0.2, -0.15) is 0 Å². The van der Waals surface area contributed by atoms with Crippen LogP contribution in [0.1, 0.15) is 12.5 Å². The largest absolute Gasteiger partial charge is 0.488 e. The molecule has 1 rings (SSSR count). The van der Waals surface area contributed by atoms with Crippen molar-refractivity contribution in [2.75, 3.05) is 0 Å². The van der Waals surface area contributed by atoms with Crippen molar-refractivity contribution in [3.63, 3.8) is 0 Å². The first kappa shape index (κ1) is 11.8. The van der Waals surface area contributed by atoms with Crippen molar-refractivity contribution < 1.29 is 14.8 Å². The highest BCUT2D eigenvalue weighted by atomic mass is 16.5. The standard InChI is InChI=1S/C11H15BO3/c1-4-9(3)15-11-6-5-10(12(13)14)7-8(11)2/h4-7,9,13-14H,1H2,2-3H3. The number of ether oxygens (including phenoxy) is 1. The third-order valence-electron chi connectivity index (χ3n) is 2.14. The van der Waals surface area contributed by atoms with E-state index in [9.17, 15) is 0 Å². The molecule has 1 unspecified atom stereocenters. The predicted octanol–water partition coefficient (Wildman–Crippen LogP) is 0.628. The van der Waals surface area contributed by atoms with Gasteiger partial charge in [-0.15, -0.1) is 0 Å². The van der Waals surface area contributed by atoms with Crippen LogP contribution in [0.2, 0.25) is 0 Å². The van der Waals surface area contributed by atoms with Gasteiger partial charge in [-0.3, -0.25) is 0 Å². The smallest absolute Gasteiger partial charge is 0.486 e. The molecule has 0 bridgehead atoms. The topological polar surface area (TPSA) is 49.7 Å². The Hall–Kier alpha value is -1.26. The number of rotatable bonds is 4. The molecule has 0 aromatic heterocycles. The summed E-state index contributed by atoms with van der Waals surface area (Å²) in [7, 11) is -1.44. The molecule has 0 radical (unpaired) electrons. The molecule has 0 heterocycles. The average molecular weight is 206 g/mol. The van der Waals surface area contributed by atoms with Crippen LogP contribution in [0.3, 0.4) is 0 Å². The number of benzene rings is 1. The number of hydrogen-bond acceptors (Lipinski definition) is 3. The first-order valence-electron chi connectivity index (χ1n) is 4.80. The molecular formula is C11H15BO3. The van der Waals surface area contributed by atoms with Gasteiger partial charge in [0.15, 0.2) is 0 Å². The monoisotopic (exact) mass is 206 g/mol. The minimum atomic E-state index is -1.44. The van der Waals surface area contributed by atoms with E-state index in [1.54, 1.807) is 24.3 Å². The van der Waals surface area contributed by atoms with Gasteiger partial charge in [0, 0.05) is 0 Å². The number of hydrogen-bond donors (Lipinski definition) is 2. The molecule has 0 aliphatic heterocycles. The van der Waals surface area contributed by atoms with Crippen LogP contribution in [-0.2, 0) is 0 Å². The molecule has 15 heavy (non-hydrogen) atoms. The van der Waals surface area contributed by atoms with Crippen LogP contribution in [0.25, 0.3) is 0 Å². The predicted molar refractivity (Wildman–Crippen MR) is 61.3 cm³/mol. The van der Waals surface area contributed by atoms with Gasteiger partial charge >= 0.3 is 7.12 Å². The summed E-state index contributed by atoms with van der Waals surface area (Å²) < 4.78 is 5.55. The fourth-order valence-corrected chi connectivity index (χ4v) is 1.21. The second-order valence-corrected chi connectivity index (χ2v) is 3.46. The third kappa shape index (κ3) is 3.11. The lowest BCUT2D eigenvalue weighted by atomic mass is 9.79. The van der Waals surface area contributed by atoms with Crippen LogP contribution in [0.4, 0.5) is 0 Å². The van der Waals surface area contributed by atoms with Crippen LogP contribution in [0.5, 0.6) is 5.75 Å². The lowest BCUT2D eigenvalue weighted by Gasteiger charge is -2.13. The van der Waals surface area contributed by atoms with E-state index in [1.165, 1.54) is 0 Å². The zero-order chi connectivity index (χ0) is 11.4. The molecule has 0 spiro atoms. The molecule has 4 heteroatoms. The van der Waals surface area contributed by atoms with Crippen molar-refractivity contribution in [1.82, 2.24) is 0 Å².